The molecule has 3 rings (SSSR count). The number of allylic oxidation sites excluding steroid dienone is 1. The van der Waals surface area contributed by atoms with Crippen molar-refractivity contribution in [1.82, 2.24) is 0 Å². The molecule has 0 atom stereocenters. The van der Waals surface area contributed by atoms with Crippen molar-refractivity contribution in [1.29, 1.82) is 0 Å². The van der Waals surface area contributed by atoms with Gasteiger partial charge >= 0.3 is 0 Å². The number of rotatable bonds is 6. The predicted molar refractivity (Wildman–Crippen MR) is 107 cm³/mol. The molecule has 0 amide bonds. The first kappa shape index (κ1) is 18.6. The highest BCUT2D eigenvalue weighted by Crippen LogP contribution is 2.31. The summed E-state index contributed by atoms with van der Waals surface area (Å²) in [7, 11) is 1.59. The zero-order valence-corrected chi connectivity index (χ0v) is 15.9. The molecule has 1 aliphatic rings. The van der Waals surface area contributed by atoms with E-state index in [-0.39, 0.29) is 5.75 Å². The van der Waals surface area contributed by atoms with Crippen LogP contribution in [-0.2, 0) is 13.0 Å². The van der Waals surface area contributed by atoms with Crippen molar-refractivity contribution < 1.29 is 14.7 Å². The van der Waals surface area contributed by atoms with E-state index in [9.17, 15) is 5.11 Å². The average Bonchev–Trinajstić information content (AvgIpc) is 2.65. The van der Waals surface area contributed by atoms with Gasteiger partial charge in [-0.3, -0.25) is 0 Å². The highest BCUT2D eigenvalue weighted by Gasteiger charge is 2.22. The van der Waals surface area contributed by atoms with E-state index in [0.29, 0.717) is 5.75 Å². The van der Waals surface area contributed by atoms with Crippen LogP contribution in [0.2, 0.25) is 5.02 Å². The predicted octanol–water partition coefficient (Wildman–Crippen LogP) is 2.69. The number of hydrogen-bond acceptors (Lipinski definition) is 3. The lowest BCUT2D eigenvalue weighted by Crippen LogP contribution is -3.13. The molecule has 26 heavy (non-hydrogen) atoms. The van der Waals surface area contributed by atoms with Gasteiger partial charge in [0, 0.05) is 10.7 Å². The number of phenols is 1. The van der Waals surface area contributed by atoms with Crippen molar-refractivity contribution in [3.05, 3.63) is 65.2 Å². The minimum absolute atomic E-state index is 0.255. The molecule has 0 spiro atoms. The van der Waals surface area contributed by atoms with Crippen LogP contribution in [-0.4, -0.2) is 38.4 Å². The standard InChI is InChI=1S/C21H25ClN2O2/c1-3-5-16-12-17(21(25)20(13-16)26-2)15-23-8-10-24(11-9-23)19-7-4-6-18(22)14-19/h3-4,6-7,12-14,25H,1,5,8-11,15H2,2H3/p+1. The maximum absolute atomic E-state index is 10.5. The Balaban J connectivity index is 1.67. The minimum atomic E-state index is 0.255. The van der Waals surface area contributed by atoms with Crippen molar-refractivity contribution in [2.45, 2.75) is 13.0 Å². The summed E-state index contributed by atoms with van der Waals surface area (Å²) in [6, 6.07) is 12.0. The van der Waals surface area contributed by atoms with Crippen molar-refractivity contribution in [2.75, 3.05) is 38.2 Å². The summed E-state index contributed by atoms with van der Waals surface area (Å²) in [6.07, 6.45) is 2.63. The molecule has 1 fully saturated rings. The number of benzene rings is 2. The monoisotopic (exact) mass is 373 g/mol. The van der Waals surface area contributed by atoms with Gasteiger partial charge in [0.05, 0.1) is 38.9 Å². The van der Waals surface area contributed by atoms with Crippen LogP contribution in [0.15, 0.2) is 49.1 Å². The SMILES string of the molecule is C=CCc1cc(C[NH+]2CCN(c3cccc(Cl)c3)CC2)c(O)c(OC)c1. The van der Waals surface area contributed by atoms with Gasteiger partial charge < -0.3 is 19.6 Å². The minimum Gasteiger partial charge on any atom is -0.504 e. The molecule has 4 nitrogen and oxygen atoms in total. The van der Waals surface area contributed by atoms with E-state index in [0.717, 1.165) is 55.3 Å². The van der Waals surface area contributed by atoms with Gasteiger partial charge in [0.2, 0.25) is 0 Å². The fourth-order valence-electron chi connectivity index (χ4n) is 3.50. The molecule has 0 aliphatic carbocycles. The second-order valence-corrected chi connectivity index (χ2v) is 7.13. The Kier molecular flexibility index (Phi) is 6.07. The van der Waals surface area contributed by atoms with Gasteiger partial charge in [0.25, 0.3) is 0 Å². The molecule has 2 aromatic carbocycles. The second-order valence-electron chi connectivity index (χ2n) is 6.69. The van der Waals surface area contributed by atoms with Crippen LogP contribution in [0.25, 0.3) is 0 Å². The van der Waals surface area contributed by atoms with Gasteiger partial charge in [-0.1, -0.05) is 23.7 Å². The zero-order chi connectivity index (χ0) is 18.5. The van der Waals surface area contributed by atoms with Crippen molar-refractivity contribution in [3.63, 3.8) is 0 Å². The smallest absolute Gasteiger partial charge is 0.166 e. The third kappa shape index (κ3) is 4.32. The first-order valence-corrected chi connectivity index (χ1v) is 9.32. The Morgan fingerprint density at radius 3 is 2.69 bits per heavy atom. The number of phenolic OH excluding ortho intramolecular Hbond substituents is 1. The van der Waals surface area contributed by atoms with E-state index in [1.165, 1.54) is 10.6 Å². The van der Waals surface area contributed by atoms with Crippen molar-refractivity contribution in [3.8, 4) is 11.5 Å². The van der Waals surface area contributed by atoms with Crippen LogP contribution in [0.3, 0.4) is 0 Å². The normalized spacial score (nSPS) is 15.1. The van der Waals surface area contributed by atoms with Crippen molar-refractivity contribution >= 4 is 17.3 Å². The summed E-state index contributed by atoms with van der Waals surface area (Å²) >= 11 is 6.11. The number of methoxy groups -OCH3 is 1. The zero-order valence-electron chi connectivity index (χ0n) is 15.2. The molecule has 0 radical (unpaired) electrons. The second kappa shape index (κ2) is 8.47. The Morgan fingerprint density at radius 1 is 1.27 bits per heavy atom. The van der Waals surface area contributed by atoms with Crippen molar-refractivity contribution in [2.24, 2.45) is 0 Å². The largest absolute Gasteiger partial charge is 0.504 e. The van der Waals surface area contributed by atoms with Gasteiger partial charge in [-0.15, -0.1) is 6.58 Å². The summed E-state index contributed by atoms with van der Waals surface area (Å²) in [5, 5.41) is 11.3. The molecule has 0 bridgehead atoms. The van der Waals surface area contributed by atoms with Crippen LogP contribution in [0.4, 0.5) is 5.69 Å². The molecule has 5 heteroatoms. The summed E-state index contributed by atoms with van der Waals surface area (Å²) in [6.45, 7) is 8.56. The van der Waals surface area contributed by atoms with Gasteiger partial charge in [0.1, 0.15) is 6.54 Å². The average molecular weight is 374 g/mol. The van der Waals surface area contributed by atoms with Gasteiger partial charge in [0.15, 0.2) is 11.5 Å². The molecule has 0 unspecified atom stereocenters. The number of ether oxygens (including phenoxy) is 1. The molecular formula is C21H26ClN2O2+. The molecule has 2 N–H and O–H groups in total. The Hall–Kier alpha value is -2.17. The van der Waals surface area contributed by atoms with E-state index in [1.807, 2.05) is 30.3 Å². The lowest BCUT2D eigenvalue weighted by molar-refractivity contribution is -0.914. The number of halogens is 1. The number of piperazine rings is 1. The van der Waals surface area contributed by atoms with Crippen LogP contribution in [0.5, 0.6) is 11.5 Å². The number of nitrogens with zero attached hydrogens (tertiary/aromatic N) is 1. The summed E-state index contributed by atoms with van der Waals surface area (Å²) in [5.74, 6) is 0.793. The lowest BCUT2D eigenvalue weighted by atomic mass is 10.0. The maximum Gasteiger partial charge on any atom is 0.166 e. The number of anilines is 1. The van der Waals surface area contributed by atoms with Gasteiger partial charge in [-0.05, 0) is 42.3 Å². The van der Waals surface area contributed by atoms with E-state index in [4.69, 9.17) is 16.3 Å². The van der Waals surface area contributed by atoms with E-state index >= 15 is 0 Å². The third-order valence-corrected chi connectivity index (χ3v) is 5.13. The number of quaternary nitrogens is 1. The molecular weight excluding hydrogens is 348 g/mol. The Labute approximate surface area is 160 Å². The number of nitrogens with one attached hydrogen (secondary N) is 1. The Morgan fingerprint density at radius 2 is 2.04 bits per heavy atom. The first-order valence-electron chi connectivity index (χ1n) is 8.94. The van der Waals surface area contributed by atoms with Gasteiger partial charge in [-0.2, -0.15) is 0 Å². The van der Waals surface area contributed by atoms with Crippen LogP contribution in [0, 0.1) is 0 Å². The number of hydrogen-bond donors (Lipinski definition) is 2. The lowest BCUT2D eigenvalue weighted by Gasteiger charge is -2.34. The molecule has 1 heterocycles. The Bertz CT molecular complexity index is 771. The van der Waals surface area contributed by atoms with E-state index in [2.05, 4.69) is 23.6 Å². The molecule has 2 aromatic rings. The first-order chi connectivity index (χ1) is 12.6. The highest BCUT2D eigenvalue weighted by atomic mass is 35.5. The fourth-order valence-corrected chi connectivity index (χ4v) is 3.69. The third-order valence-electron chi connectivity index (χ3n) is 4.90. The topological polar surface area (TPSA) is 37.1 Å². The quantitative estimate of drug-likeness (QED) is 0.764. The maximum atomic E-state index is 10.5. The van der Waals surface area contributed by atoms with Crippen LogP contribution >= 0.6 is 11.6 Å². The van der Waals surface area contributed by atoms with E-state index < -0.39 is 0 Å². The molecule has 0 aromatic heterocycles. The molecule has 1 aliphatic heterocycles. The molecule has 0 saturated carbocycles. The summed E-state index contributed by atoms with van der Waals surface area (Å²) < 4.78 is 5.33. The molecule has 138 valence electrons. The van der Waals surface area contributed by atoms with Crippen LogP contribution in [0.1, 0.15) is 11.1 Å². The summed E-state index contributed by atoms with van der Waals surface area (Å²) in [5.41, 5.74) is 3.23. The van der Waals surface area contributed by atoms with Crippen LogP contribution < -0.4 is 14.5 Å². The van der Waals surface area contributed by atoms with Gasteiger partial charge in [-0.25, -0.2) is 0 Å². The van der Waals surface area contributed by atoms with E-state index in [1.54, 1.807) is 7.11 Å². The summed E-state index contributed by atoms with van der Waals surface area (Å²) in [4.78, 5) is 3.82. The number of aromatic hydroxyl groups is 1. The highest BCUT2D eigenvalue weighted by molar-refractivity contribution is 6.30. The fraction of sp³-hybridized carbons (Fsp3) is 0.333. The molecule has 1 saturated heterocycles.